The van der Waals surface area contributed by atoms with Crippen LogP contribution in [0.1, 0.15) is 29.6 Å². The van der Waals surface area contributed by atoms with E-state index in [1.165, 1.54) is 19.2 Å². The van der Waals surface area contributed by atoms with Crippen molar-refractivity contribution in [2.45, 2.75) is 19.3 Å². The average Bonchev–Trinajstić information content (AvgIpc) is 2.39. The monoisotopic (exact) mass is 251 g/mol. The summed E-state index contributed by atoms with van der Waals surface area (Å²) >= 11 is 0. The molecule has 1 fully saturated rings. The van der Waals surface area contributed by atoms with Gasteiger partial charge in [0.25, 0.3) is 0 Å². The summed E-state index contributed by atoms with van der Waals surface area (Å²) in [6.45, 7) is 1.93. The maximum Gasteiger partial charge on any atom is 0.165 e. The van der Waals surface area contributed by atoms with Crippen molar-refractivity contribution < 1.29 is 13.9 Å². The van der Waals surface area contributed by atoms with Crippen molar-refractivity contribution in [1.82, 2.24) is 5.32 Å². The number of benzene rings is 1. The Morgan fingerprint density at radius 3 is 2.78 bits per heavy atom. The van der Waals surface area contributed by atoms with Gasteiger partial charge >= 0.3 is 0 Å². The van der Waals surface area contributed by atoms with Gasteiger partial charge in [-0.2, -0.15) is 0 Å². The summed E-state index contributed by atoms with van der Waals surface area (Å²) in [6.07, 6.45) is 2.54. The molecule has 0 unspecified atom stereocenters. The summed E-state index contributed by atoms with van der Waals surface area (Å²) in [5.74, 6) is 0.134. The molecule has 1 aliphatic rings. The molecule has 0 saturated carbocycles. The molecule has 1 saturated heterocycles. The summed E-state index contributed by atoms with van der Waals surface area (Å²) in [4.78, 5) is 12.0. The number of piperidine rings is 1. The Morgan fingerprint density at radius 2 is 2.17 bits per heavy atom. The van der Waals surface area contributed by atoms with Crippen LogP contribution < -0.4 is 10.1 Å². The van der Waals surface area contributed by atoms with Gasteiger partial charge in [0.1, 0.15) is 0 Å². The fourth-order valence-corrected chi connectivity index (χ4v) is 2.31. The highest BCUT2D eigenvalue weighted by Crippen LogP contribution is 2.22. The molecule has 2 rings (SSSR count). The standard InChI is InChI=1S/C14H18FNO2/c1-18-14-3-2-11(9-12(14)15)13(17)8-10-4-6-16-7-5-10/h2-3,9-10,16H,4-8H2,1H3. The zero-order chi connectivity index (χ0) is 13.0. The van der Waals surface area contributed by atoms with Crippen LogP contribution in [0.2, 0.25) is 0 Å². The first kappa shape index (κ1) is 13.0. The third-order valence-corrected chi connectivity index (χ3v) is 3.41. The van der Waals surface area contributed by atoms with Crippen molar-refractivity contribution in [3.63, 3.8) is 0 Å². The number of hydrogen-bond acceptors (Lipinski definition) is 3. The predicted molar refractivity (Wildman–Crippen MR) is 67.5 cm³/mol. The number of Topliss-reactive ketones (excluding diaryl/α,β-unsaturated/α-hetero) is 1. The van der Waals surface area contributed by atoms with Crippen LogP contribution in [0.25, 0.3) is 0 Å². The zero-order valence-corrected chi connectivity index (χ0v) is 10.5. The molecular formula is C14H18FNO2. The second-order valence-electron chi connectivity index (χ2n) is 4.67. The molecule has 1 aromatic carbocycles. The smallest absolute Gasteiger partial charge is 0.165 e. The maximum absolute atomic E-state index is 13.5. The Kier molecular flexibility index (Phi) is 4.31. The van der Waals surface area contributed by atoms with E-state index in [0.29, 0.717) is 17.9 Å². The number of rotatable bonds is 4. The van der Waals surface area contributed by atoms with Crippen molar-refractivity contribution in [2.24, 2.45) is 5.92 Å². The lowest BCUT2D eigenvalue weighted by Gasteiger charge is -2.21. The van der Waals surface area contributed by atoms with Crippen LogP contribution in [0.3, 0.4) is 0 Å². The van der Waals surface area contributed by atoms with Crippen LogP contribution in [0, 0.1) is 11.7 Å². The van der Waals surface area contributed by atoms with E-state index in [9.17, 15) is 9.18 Å². The Morgan fingerprint density at radius 1 is 1.44 bits per heavy atom. The Hall–Kier alpha value is -1.42. The summed E-state index contributed by atoms with van der Waals surface area (Å²) in [5.41, 5.74) is 0.437. The number of carbonyl (C=O) groups is 1. The summed E-state index contributed by atoms with van der Waals surface area (Å²) in [7, 11) is 1.41. The van der Waals surface area contributed by atoms with Crippen LogP contribution >= 0.6 is 0 Å². The maximum atomic E-state index is 13.5. The number of methoxy groups -OCH3 is 1. The average molecular weight is 251 g/mol. The molecule has 4 heteroatoms. The Labute approximate surface area is 106 Å². The highest BCUT2D eigenvalue weighted by atomic mass is 19.1. The van der Waals surface area contributed by atoms with E-state index in [1.54, 1.807) is 6.07 Å². The Bertz CT molecular complexity index is 428. The van der Waals surface area contributed by atoms with E-state index in [0.717, 1.165) is 25.9 Å². The SMILES string of the molecule is COc1ccc(C(=O)CC2CCNCC2)cc1F. The van der Waals surface area contributed by atoms with Gasteiger partial charge in [-0.05, 0) is 50.0 Å². The highest BCUT2D eigenvalue weighted by Gasteiger charge is 2.18. The lowest BCUT2D eigenvalue weighted by molar-refractivity contribution is 0.0952. The lowest BCUT2D eigenvalue weighted by atomic mass is 9.90. The second kappa shape index (κ2) is 5.96. The highest BCUT2D eigenvalue weighted by molar-refractivity contribution is 5.96. The van der Waals surface area contributed by atoms with Crippen molar-refractivity contribution in [3.8, 4) is 5.75 Å². The first-order valence-electron chi connectivity index (χ1n) is 6.28. The van der Waals surface area contributed by atoms with Gasteiger partial charge in [-0.15, -0.1) is 0 Å². The molecule has 1 aliphatic heterocycles. The van der Waals surface area contributed by atoms with Crippen LogP contribution in [0.5, 0.6) is 5.75 Å². The molecule has 1 N–H and O–H groups in total. The van der Waals surface area contributed by atoms with E-state index < -0.39 is 5.82 Å². The molecule has 1 heterocycles. The van der Waals surface area contributed by atoms with E-state index in [1.807, 2.05) is 0 Å². The summed E-state index contributed by atoms with van der Waals surface area (Å²) in [6, 6.07) is 4.40. The van der Waals surface area contributed by atoms with Crippen molar-refractivity contribution in [1.29, 1.82) is 0 Å². The fourth-order valence-electron chi connectivity index (χ4n) is 2.31. The minimum Gasteiger partial charge on any atom is -0.494 e. The van der Waals surface area contributed by atoms with E-state index in [4.69, 9.17) is 4.74 Å². The molecule has 0 atom stereocenters. The molecule has 0 amide bonds. The number of nitrogens with one attached hydrogen (secondary N) is 1. The molecule has 0 aromatic heterocycles. The number of ketones is 1. The molecular weight excluding hydrogens is 233 g/mol. The topological polar surface area (TPSA) is 38.3 Å². The summed E-state index contributed by atoms with van der Waals surface area (Å²) < 4.78 is 18.3. The third kappa shape index (κ3) is 3.07. The minimum atomic E-state index is -0.478. The largest absolute Gasteiger partial charge is 0.494 e. The summed E-state index contributed by atoms with van der Waals surface area (Å²) in [5, 5.41) is 3.26. The van der Waals surface area contributed by atoms with Crippen molar-refractivity contribution in [2.75, 3.05) is 20.2 Å². The van der Waals surface area contributed by atoms with Crippen LogP contribution in [-0.2, 0) is 0 Å². The molecule has 0 aliphatic carbocycles. The van der Waals surface area contributed by atoms with Gasteiger partial charge in [0.2, 0.25) is 0 Å². The van der Waals surface area contributed by atoms with Crippen molar-refractivity contribution in [3.05, 3.63) is 29.6 Å². The number of carbonyl (C=O) groups excluding carboxylic acids is 1. The van der Waals surface area contributed by atoms with Gasteiger partial charge in [-0.1, -0.05) is 0 Å². The molecule has 0 radical (unpaired) electrons. The van der Waals surface area contributed by atoms with Gasteiger partial charge < -0.3 is 10.1 Å². The second-order valence-corrected chi connectivity index (χ2v) is 4.67. The van der Waals surface area contributed by atoms with Gasteiger partial charge in [-0.3, -0.25) is 4.79 Å². The molecule has 1 aromatic rings. The number of hydrogen-bond donors (Lipinski definition) is 1. The molecule has 18 heavy (non-hydrogen) atoms. The predicted octanol–water partition coefficient (Wildman–Crippen LogP) is 2.41. The molecule has 98 valence electrons. The van der Waals surface area contributed by atoms with Gasteiger partial charge in [-0.25, -0.2) is 4.39 Å². The van der Waals surface area contributed by atoms with Gasteiger partial charge in [0, 0.05) is 12.0 Å². The van der Waals surface area contributed by atoms with E-state index in [2.05, 4.69) is 5.32 Å². The van der Waals surface area contributed by atoms with Crippen LogP contribution in [0.15, 0.2) is 18.2 Å². The third-order valence-electron chi connectivity index (χ3n) is 3.41. The first-order valence-corrected chi connectivity index (χ1v) is 6.28. The Balaban J connectivity index is 2.01. The first-order chi connectivity index (χ1) is 8.70. The molecule has 3 nitrogen and oxygen atoms in total. The van der Waals surface area contributed by atoms with Crippen molar-refractivity contribution >= 4 is 5.78 Å². The lowest BCUT2D eigenvalue weighted by Crippen LogP contribution is -2.28. The number of ether oxygens (including phenoxy) is 1. The van der Waals surface area contributed by atoms with Crippen LogP contribution in [-0.4, -0.2) is 26.0 Å². The van der Waals surface area contributed by atoms with E-state index >= 15 is 0 Å². The number of halogens is 1. The fraction of sp³-hybridized carbons (Fsp3) is 0.500. The van der Waals surface area contributed by atoms with Crippen LogP contribution in [0.4, 0.5) is 4.39 Å². The zero-order valence-electron chi connectivity index (χ0n) is 10.5. The van der Waals surface area contributed by atoms with Gasteiger partial charge in [0.05, 0.1) is 7.11 Å². The normalized spacial score (nSPS) is 16.6. The molecule has 0 spiro atoms. The molecule has 0 bridgehead atoms. The minimum absolute atomic E-state index is 0.0171. The van der Waals surface area contributed by atoms with Gasteiger partial charge in [0.15, 0.2) is 17.3 Å². The quantitative estimate of drug-likeness (QED) is 0.835. The van der Waals surface area contributed by atoms with E-state index in [-0.39, 0.29) is 11.5 Å².